The SMILES string of the molecule is CC(=O)c1cccc(OC(F)(F)F)c1C#N. The van der Waals surface area contributed by atoms with Crippen molar-refractivity contribution in [1.82, 2.24) is 0 Å². The van der Waals surface area contributed by atoms with Crippen molar-refractivity contribution in [3.05, 3.63) is 29.3 Å². The van der Waals surface area contributed by atoms with Gasteiger partial charge in [0.25, 0.3) is 0 Å². The summed E-state index contributed by atoms with van der Waals surface area (Å²) in [6, 6.07) is 5.00. The number of ether oxygens (including phenoxy) is 1. The molecule has 0 bridgehead atoms. The Kier molecular flexibility index (Phi) is 3.18. The summed E-state index contributed by atoms with van der Waals surface area (Å²) < 4.78 is 39.6. The number of nitriles is 1. The standard InChI is InChI=1S/C10H6F3NO2/c1-6(15)7-3-2-4-9(8(7)5-14)16-10(11,12)13/h2-4H,1H3. The molecule has 16 heavy (non-hydrogen) atoms. The Bertz CT molecular complexity index is 460. The topological polar surface area (TPSA) is 50.1 Å². The summed E-state index contributed by atoms with van der Waals surface area (Å²) in [4.78, 5) is 11.1. The third-order valence-corrected chi connectivity index (χ3v) is 1.74. The van der Waals surface area contributed by atoms with Crippen molar-refractivity contribution in [2.75, 3.05) is 0 Å². The van der Waals surface area contributed by atoms with E-state index in [4.69, 9.17) is 5.26 Å². The predicted octanol–water partition coefficient (Wildman–Crippen LogP) is 2.66. The van der Waals surface area contributed by atoms with Gasteiger partial charge < -0.3 is 4.74 Å². The molecular weight excluding hydrogens is 223 g/mol. The van der Waals surface area contributed by atoms with Gasteiger partial charge in [0.15, 0.2) is 5.78 Å². The summed E-state index contributed by atoms with van der Waals surface area (Å²) in [7, 11) is 0. The van der Waals surface area contributed by atoms with Crippen LogP contribution in [0.3, 0.4) is 0 Å². The maximum absolute atomic E-state index is 12.0. The van der Waals surface area contributed by atoms with Gasteiger partial charge >= 0.3 is 6.36 Å². The van der Waals surface area contributed by atoms with E-state index in [2.05, 4.69) is 4.74 Å². The quantitative estimate of drug-likeness (QED) is 0.732. The molecule has 1 aromatic carbocycles. The molecule has 0 aliphatic heterocycles. The van der Waals surface area contributed by atoms with E-state index in [1.807, 2.05) is 0 Å². The first-order valence-corrected chi connectivity index (χ1v) is 4.15. The van der Waals surface area contributed by atoms with Crippen LogP contribution in [-0.4, -0.2) is 12.1 Å². The summed E-state index contributed by atoms with van der Waals surface area (Å²) in [5.74, 6) is -1.16. The maximum Gasteiger partial charge on any atom is 0.573 e. The Morgan fingerprint density at radius 2 is 2.06 bits per heavy atom. The highest BCUT2D eigenvalue weighted by atomic mass is 19.4. The lowest BCUT2D eigenvalue weighted by atomic mass is 10.0. The molecule has 0 amide bonds. The van der Waals surface area contributed by atoms with Crippen LogP contribution in [0.5, 0.6) is 5.75 Å². The van der Waals surface area contributed by atoms with Gasteiger partial charge in [0, 0.05) is 5.56 Å². The number of carbonyl (C=O) groups is 1. The predicted molar refractivity (Wildman–Crippen MR) is 47.8 cm³/mol. The maximum atomic E-state index is 12.0. The highest BCUT2D eigenvalue weighted by Crippen LogP contribution is 2.28. The molecule has 0 saturated carbocycles. The summed E-state index contributed by atoms with van der Waals surface area (Å²) in [6.45, 7) is 1.16. The fourth-order valence-corrected chi connectivity index (χ4v) is 1.15. The van der Waals surface area contributed by atoms with Gasteiger partial charge in [0.2, 0.25) is 0 Å². The van der Waals surface area contributed by atoms with Crippen molar-refractivity contribution in [3.8, 4) is 11.8 Å². The van der Waals surface area contributed by atoms with Gasteiger partial charge in [-0.05, 0) is 19.1 Å². The average molecular weight is 229 g/mol. The Labute approximate surface area is 89.1 Å². The third kappa shape index (κ3) is 2.73. The Morgan fingerprint density at radius 1 is 1.44 bits per heavy atom. The molecule has 84 valence electrons. The third-order valence-electron chi connectivity index (χ3n) is 1.74. The zero-order valence-electron chi connectivity index (χ0n) is 8.13. The van der Waals surface area contributed by atoms with Crippen LogP contribution in [-0.2, 0) is 0 Å². The molecule has 0 aliphatic rings. The van der Waals surface area contributed by atoms with E-state index < -0.39 is 23.5 Å². The van der Waals surface area contributed by atoms with E-state index in [1.54, 1.807) is 0 Å². The fraction of sp³-hybridized carbons (Fsp3) is 0.200. The monoisotopic (exact) mass is 229 g/mol. The molecule has 0 fully saturated rings. The van der Waals surface area contributed by atoms with Gasteiger partial charge in [-0.15, -0.1) is 13.2 Å². The van der Waals surface area contributed by atoms with Crippen molar-refractivity contribution < 1.29 is 22.7 Å². The second-order valence-electron chi connectivity index (χ2n) is 2.89. The molecule has 0 spiro atoms. The number of hydrogen-bond donors (Lipinski definition) is 0. The van der Waals surface area contributed by atoms with Crippen LogP contribution in [0, 0.1) is 11.3 Å². The number of nitrogens with zero attached hydrogens (tertiary/aromatic N) is 1. The van der Waals surface area contributed by atoms with Crippen molar-refractivity contribution in [3.63, 3.8) is 0 Å². The molecule has 0 N–H and O–H groups in total. The van der Waals surface area contributed by atoms with Crippen molar-refractivity contribution in [1.29, 1.82) is 5.26 Å². The highest BCUT2D eigenvalue weighted by Gasteiger charge is 2.32. The first-order chi connectivity index (χ1) is 7.35. The molecule has 0 radical (unpaired) electrons. The molecule has 0 aliphatic carbocycles. The molecule has 0 aromatic heterocycles. The number of Topliss-reactive ketones (excluding diaryl/α,β-unsaturated/α-hetero) is 1. The Morgan fingerprint density at radius 3 is 2.50 bits per heavy atom. The van der Waals surface area contributed by atoms with E-state index in [-0.39, 0.29) is 5.56 Å². The van der Waals surface area contributed by atoms with Gasteiger partial charge in [0.05, 0.1) is 0 Å². The summed E-state index contributed by atoms with van der Waals surface area (Å²) in [5, 5.41) is 8.70. The van der Waals surface area contributed by atoms with E-state index in [1.165, 1.54) is 18.2 Å². The summed E-state index contributed by atoms with van der Waals surface area (Å²) in [5.41, 5.74) is -0.503. The number of benzene rings is 1. The van der Waals surface area contributed by atoms with Crippen LogP contribution < -0.4 is 4.74 Å². The Balaban J connectivity index is 3.26. The van der Waals surface area contributed by atoms with Crippen LogP contribution in [0.1, 0.15) is 22.8 Å². The minimum Gasteiger partial charge on any atom is -0.404 e. The summed E-state index contributed by atoms with van der Waals surface area (Å²) in [6.07, 6.45) is -4.89. The molecule has 0 heterocycles. The van der Waals surface area contributed by atoms with Crippen LogP contribution in [0.2, 0.25) is 0 Å². The van der Waals surface area contributed by atoms with E-state index in [0.29, 0.717) is 0 Å². The normalized spacial score (nSPS) is 10.7. The molecule has 1 aromatic rings. The average Bonchev–Trinajstić information content (AvgIpc) is 2.14. The molecule has 0 unspecified atom stereocenters. The molecule has 1 rings (SSSR count). The molecule has 6 heteroatoms. The summed E-state index contributed by atoms with van der Waals surface area (Å²) >= 11 is 0. The zero-order chi connectivity index (χ0) is 12.3. The molecule has 3 nitrogen and oxygen atoms in total. The van der Waals surface area contributed by atoms with Crippen LogP contribution in [0.4, 0.5) is 13.2 Å². The zero-order valence-corrected chi connectivity index (χ0v) is 8.13. The van der Waals surface area contributed by atoms with E-state index >= 15 is 0 Å². The number of alkyl halides is 3. The highest BCUT2D eigenvalue weighted by molar-refractivity contribution is 5.97. The van der Waals surface area contributed by atoms with E-state index in [9.17, 15) is 18.0 Å². The van der Waals surface area contributed by atoms with E-state index in [0.717, 1.165) is 13.0 Å². The molecule has 0 saturated heterocycles. The lowest BCUT2D eigenvalue weighted by molar-refractivity contribution is -0.274. The molecular formula is C10H6F3NO2. The van der Waals surface area contributed by atoms with Gasteiger partial charge in [0.1, 0.15) is 17.4 Å². The Hall–Kier alpha value is -2.03. The number of halogens is 3. The second kappa shape index (κ2) is 4.23. The van der Waals surface area contributed by atoms with Crippen LogP contribution in [0.15, 0.2) is 18.2 Å². The van der Waals surface area contributed by atoms with Crippen molar-refractivity contribution in [2.24, 2.45) is 0 Å². The van der Waals surface area contributed by atoms with Crippen molar-refractivity contribution in [2.45, 2.75) is 13.3 Å². The van der Waals surface area contributed by atoms with Crippen molar-refractivity contribution >= 4 is 5.78 Å². The van der Waals surface area contributed by atoms with Gasteiger partial charge in [-0.1, -0.05) is 6.07 Å². The van der Waals surface area contributed by atoms with Gasteiger partial charge in [-0.25, -0.2) is 0 Å². The first-order valence-electron chi connectivity index (χ1n) is 4.15. The minimum absolute atomic E-state index is 0.0933. The minimum atomic E-state index is -4.89. The lowest BCUT2D eigenvalue weighted by Gasteiger charge is -2.11. The van der Waals surface area contributed by atoms with Gasteiger partial charge in [-0.2, -0.15) is 5.26 Å². The second-order valence-corrected chi connectivity index (χ2v) is 2.89. The van der Waals surface area contributed by atoms with Crippen LogP contribution >= 0.6 is 0 Å². The number of ketones is 1. The lowest BCUT2D eigenvalue weighted by Crippen LogP contribution is -2.18. The van der Waals surface area contributed by atoms with Crippen LogP contribution in [0.25, 0.3) is 0 Å². The largest absolute Gasteiger partial charge is 0.573 e. The number of carbonyl (C=O) groups excluding carboxylic acids is 1. The smallest absolute Gasteiger partial charge is 0.404 e. The fourth-order valence-electron chi connectivity index (χ4n) is 1.15. The first kappa shape index (κ1) is 12.0. The molecule has 0 atom stereocenters. The number of rotatable bonds is 2. The van der Waals surface area contributed by atoms with Gasteiger partial charge in [-0.3, -0.25) is 4.79 Å². The number of hydrogen-bond acceptors (Lipinski definition) is 3.